The standard InChI is InChI=1S/C13H12FN3O/c14-10-5-2-1-4-9(10)8-17-13(18)12-11(15)6-3-7-16-12/h1-7H,8,15H2,(H,17,18). The number of carbonyl (C=O) groups excluding carboxylic acids is 1. The Labute approximate surface area is 104 Å². The summed E-state index contributed by atoms with van der Waals surface area (Å²) in [4.78, 5) is 15.7. The Kier molecular flexibility index (Phi) is 3.52. The van der Waals surface area contributed by atoms with E-state index in [4.69, 9.17) is 5.73 Å². The second kappa shape index (κ2) is 5.27. The van der Waals surface area contributed by atoms with E-state index >= 15 is 0 Å². The molecule has 5 heteroatoms. The summed E-state index contributed by atoms with van der Waals surface area (Å²) in [6.07, 6.45) is 1.48. The number of amides is 1. The number of rotatable bonds is 3. The zero-order valence-corrected chi connectivity index (χ0v) is 9.56. The number of hydrogen-bond donors (Lipinski definition) is 2. The van der Waals surface area contributed by atoms with Crippen LogP contribution >= 0.6 is 0 Å². The first-order valence-electron chi connectivity index (χ1n) is 5.40. The highest BCUT2D eigenvalue weighted by Gasteiger charge is 2.10. The largest absolute Gasteiger partial charge is 0.397 e. The molecule has 0 unspecified atom stereocenters. The van der Waals surface area contributed by atoms with Crippen LogP contribution in [0, 0.1) is 5.82 Å². The molecule has 0 spiro atoms. The summed E-state index contributed by atoms with van der Waals surface area (Å²) in [6.45, 7) is 0.0987. The Morgan fingerprint density at radius 3 is 2.78 bits per heavy atom. The maximum Gasteiger partial charge on any atom is 0.272 e. The lowest BCUT2D eigenvalue weighted by molar-refractivity contribution is 0.0946. The van der Waals surface area contributed by atoms with E-state index < -0.39 is 5.91 Å². The molecular weight excluding hydrogens is 233 g/mol. The molecule has 2 rings (SSSR count). The zero-order valence-electron chi connectivity index (χ0n) is 9.56. The Morgan fingerprint density at radius 1 is 1.28 bits per heavy atom. The van der Waals surface area contributed by atoms with Gasteiger partial charge in [0.15, 0.2) is 5.69 Å². The number of halogens is 1. The Balaban J connectivity index is 2.06. The van der Waals surface area contributed by atoms with Crippen molar-refractivity contribution in [3.63, 3.8) is 0 Å². The molecule has 0 aliphatic carbocycles. The second-order valence-corrected chi connectivity index (χ2v) is 3.72. The number of hydrogen-bond acceptors (Lipinski definition) is 3. The van der Waals surface area contributed by atoms with Crippen molar-refractivity contribution in [1.29, 1.82) is 0 Å². The van der Waals surface area contributed by atoms with Crippen molar-refractivity contribution in [2.75, 3.05) is 5.73 Å². The van der Waals surface area contributed by atoms with Gasteiger partial charge < -0.3 is 11.1 Å². The molecular formula is C13H12FN3O. The van der Waals surface area contributed by atoms with Crippen LogP contribution in [0.1, 0.15) is 16.1 Å². The van der Waals surface area contributed by atoms with Gasteiger partial charge in [-0.25, -0.2) is 9.37 Å². The van der Waals surface area contributed by atoms with Crippen LogP contribution in [0.5, 0.6) is 0 Å². The fourth-order valence-corrected chi connectivity index (χ4v) is 1.51. The highest BCUT2D eigenvalue weighted by Crippen LogP contribution is 2.08. The third kappa shape index (κ3) is 2.63. The summed E-state index contributed by atoms with van der Waals surface area (Å²) < 4.78 is 13.3. The van der Waals surface area contributed by atoms with Gasteiger partial charge in [-0.1, -0.05) is 18.2 Å². The number of carbonyl (C=O) groups is 1. The van der Waals surface area contributed by atoms with Crippen molar-refractivity contribution in [2.45, 2.75) is 6.54 Å². The summed E-state index contributed by atoms with van der Waals surface area (Å²) in [5, 5.41) is 2.58. The van der Waals surface area contributed by atoms with Crippen molar-refractivity contribution < 1.29 is 9.18 Å². The smallest absolute Gasteiger partial charge is 0.272 e. The van der Waals surface area contributed by atoms with Gasteiger partial charge in [0.2, 0.25) is 0 Å². The van der Waals surface area contributed by atoms with Crippen molar-refractivity contribution in [3.05, 3.63) is 59.7 Å². The zero-order chi connectivity index (χ0) is 13.0. The van der Waals surface area contributed by atoms with Crippen LogP contribution in [0.2, 0.25) is 0 Å². The molecule has 1 aromatic carbocycles. The fraction of sp³-hybridized carbons (Fsp3) is 0.0769. The summed E-state index contributed by atoms with van der Waals surface area (Å²) in [7, 11) is 0. The van der Waals surface area contributed by atoms with Crippen LogP contribution in [0.3, 0.4) is 0 Å². The first-order chi connectivity index (χ1) is 8.68. The highest BCUT2D eigenvalue weighted by atomic mass is 19.1. The van der Waals surface area contributed by atoms with Gasteiger partial charge in [0.25, 0.3) is 5.91 Å². The molecule has 1 amide bonds. The van der Waals surface area contributed by atoms with Gasteiger partial charge in [0.05, 0.1) is 5.69 Å². The van der Waals surface area contributed by atoms with Crippen molar-refractivity contribution in [3.8, 4) is 0 Å². The van der Waals surface area contributed by atoms with Crippen LogP contribution in [-0.2, 0) is 6.54 Å². The topological polar surface area (TPSA) is 68.0 Å². The van der Waals surface area contributed by atoms with Crippen LogP contribution in [0.4, 0.5) is 10.1 Å². The molecule has 0 aliphatic rings. The number of aromatic nitrogens is 1. The quantitative estimate of drug-likeness (QED) is 0.865. The Hall–Kier alpha value is -2.43. The molecule has 18 heavy (non-hydrogen) atoms. The Bertz CT molecular complexity index is 572. The molecule has 0 atom stereocenters. The average Bonchev–Trinajstić information content (AvgIpc) is 2.38. The molecule has 4 nitrogen and oxygen atoms in total. The van der Waals surface area contributed by atoms with E-state index in [-0.39, 0.29) is 18.1 Å². The van der Waals surface area contributed by atoms with Gasteiger partial charge in [-0.05, 0) is 18.2 Å². The van der Waals surface area contributed by atoms with Gasteiger partial charge >= 0.3 is 0 Å². The number of pyridine rings is 1. The van der Waals surface area contributed by atoms with Gasteiger partial charge in [-0.2, -0.15) is 0 Å². The first kappa shape index (κ1) is 12.0. The van der Waals surface area contributed by atoms with Crippen molar-refractivity contribution in [1.82, 2.24) is 10.3 Å². The molecule has 3 N–H and O–H groups in total. The van der Waals surface area contributed by atoms with Crippen LogP contribution in [0.25, 0.3) is 0 Å². The Morgan fingerprint density at radius 2 is 2.06 bits per heavy atom. The van der Waals surface area contributed by atoms with Crippen LogP contribution in [-0.4, -0.2) is 10.9 Å². The number of nitrogens with two attached hydrogens (primary N) is 1. The predicted molar refractivity (Wildman–Crippen MR) is 66.2 cm³/mol. The summed E-state index contributed by atoms with van der Waals surface area (Å²) in [6, 6.07) is 9.49. The third-order valence-electron chi connectivity index (χ3n) is 2.45. The van der Waals surface area contributed by atoms with E-state index in [1.165, 1.54) is 12.3 Å². The van der Waals surface area contributed by atoms with Crippen LogP contribution in [0.15, 0.2) is 42.6 Å². The van der Waals surface area contributed by atoms with Gasteiger partial charge in [0.1, 0.15) is 5.82 Å². The van der Waals surface area contributed by atoms with Crippen molar-refractivity contribution >= 4 is 11.6 Å². The van der Waals surface area contributed by atoms with E-state index in [1.54, 1.807) is 30.3 Å². The van der Waals surface area contributed by atoms with E-state index in [9.17, 15) is 9.18 Å². The molecule has 2 aromatic rings. The minimum Gasteiger partial charge on any atom is -0.397 e. The highest BCUT2D eigenvalue weighted by molar-refractivity contribution is 5.96. The summed E-state index contributed by atoms with van der Waals surface area (Å²) in [5.74, 6) is -0.775. The molecule has 0 radical (unpaired) electrons. The lowest BCUT2D eigenvalue weighted by atomic mass is 10.2. The number of nitrogens with one attached hydrogen (secondary N) is 1. The van der Waals surface area contributed by atoms with Gasteiger partial charge in [-0.15, -0.1) is 0 Å². The molecule has 0 saturated heterocycles. The number of nitrogen functional groups attached to an aromatic ring is 1. The van der Waals surface area contributed by atoms with E-state index in [0.29, 0.717) is 11.3 Å². The molecule has 92 valence electrons. The second-order valence-electron chi connectivity index (χ2n) is 3.72. The SMILES string of the molecule is Nc1cccnc1C(=O)NCc1ccccc1F. The first-order valence-corrected chi connectivity index (χ1v) is 5.40. The minimum absolute atomic E-state index is 0.0987. The maximum atomic E-state index is 13.3. The lowest BCUT2D eigenvalue weighted by Crippen LogP contribution is -2.25. The minimum atomic E-state index is -0.420. The predicted octanol–water partition coefficient (Wildman–Crippen LogP) is 1.73. The average molecular weight is 245 g/mol. The molecule has 0 fully saturated rings. The van der Waals surface area contributed by atoms with E-state index in [2.05, 4.69) is 10.3 Å². The van der Waals surface area contributed by atoms with E-state index in [0.717, 1.165) is 0 Å². The number of nitrogens with zero attached hydrogens (tertiary/aromatic N) is 1. The molecule has 1 heterocycles. The fourth-order valence-electron chi connectivity index (χ4n) is 1.51. The van der Waals surface area contributed by atoms with Crippen molar-refractivity contribution in [2.24, 2.45) is 0 Å². The third-order valence-corrected chi connectivity index (χ3v) is 2.45. The van der Waals surface area contributed by atoms with Crippen LogP contribution < -0.4 is 11.1 Å². The molecule has 0 bridgehead atoms. The monoisotopic (exact) mass is 245 g/mol. The van der Waals surface area contributed by atoms with Gasteiger partial charge in [0, 0.05) is 18.3 Å². The lowest BCUT2D eigenvalue weighted by Gasteiger charge is -2.07. The molecule has 0 saturated carbocycles. The number of benzene rings is 1. The van der Waals surface area contributed by atoms with Gasteiger partial charge in [-0.3, -0.25) is 4.79 Å². The normalized spacial score (nSPS) is 10.1. The number of anilines is 1. The summed E-state index contributed by atoms with van der Waals surface area (Å²) in [5.41, 5.74) is 6.48. The molecule has 0 aliphatic heterocycles. The summed E-state index contributed by atoms with van der Waals surface area (Å²) >= 11 is 0. The molecule has 1 aromatic heterocycles. The van der Waals surface area contributed by atoms with E-state index in [1.807, 2.05) is 0 Å². The maximum absolute atomic E-state index is 13.3.